The molecule has 2 aliphatic rings. The quantitative estimate of drug-likeness (QED) is 0.205. The van der Waals surface area contributed by atoms with Gasteiger partial charge in [-0.05, 0) is 90.7 Å². The Hall–Kier alpha value is -5.40. The molecule has 1 spiro atoms. The molecule has 1 aromatic heterocycles. The molecule has 0 atom stereocenters. The summed E-state index contributed by atoms with van der Waals surface area (Å²) in [4.78, 5) is 0. The Bertz CT molecular complexity index is 2360. The molecule has 0 radical (unpaired) electrons. The topological polar surface area (TPSA) is 13.1 Å². The van der Waals surface area contributed by atoms with Crippen molar-refractivity contribution in [2.45, 2.75) is 5.41 Å². The van der Waals surface area contributed by atoms with Gasteiger partial charge in [0.05, 0.1) is 5.41 Å². The molecule has 0 aliphatic heterocycles. The van der Waals surface area contributed by atoms with E-state index in [1.165, 1.54) is 66.4 Å². The normalized spacial score (nSPS) is 13.9. The average Bonchev–Trinajstić information content (AvgIpc) is 3.68. The van der Waals surface area contributed by atoms with Crippen LogP contribution in [0.4, 0.5) is 0 Å². The van der Waals surface area contributed by atoms with Crippen LogP contribution in [0.15, 0.2) is 150 Å². The van der Waals surface area contributed by atoms with Gasteiger partial charge in [0.2, 0.25) is 0 Å². The Morgan fingerprint density at radius 1 is 0.381 bits per heavy atom. The molecule has 42 heavy (non-hydrogen) atoms. The Morgan fingerprint density at radius 2 is 0.952 bits per heavy atom. The van der Waals surface area contributed by atoms with Gasteiger partial charge in [-0.15, -0.1) is 0 Å². The molecule has 0 amide bonds. The average molecular weight is 533 g/mol. The van der Waals surface area contributed by atoms with Crippen LogP contribution in [0.1, 0.15) is 22.3 Å². The molecule has 0 unspecified atom stereocenters. The van der Waals surface area contributed by atoms with Crippen molar-refractivity contribution in [3.8, 4) is 33.4 Å². The van der Waals surface area contributed by atoms with Gasteiger partial charge in [-0.25, -0.2) is 0 Å². The van der Waals surface area contributed by atoms with Gasteiger partial charge in [-0.3, -0.25) is 0 Å². The Morgan fingerprint density at radius 3 is 1.69 bits per heavy atom. The fraction of sp³-hybridized carbons (Fsp3) is 0.0244. The summed E-state index contributed by atoms with van der Waals surface area (Å²) in [6.07, 6.45) is 0. The molecule has 1 heteroatoms. The van der Waals surface area contributed by atoms with Crippen LogP contribution in [0, 0.1) is 0 Å². The summed E-state index contributed by atoms with van der Waals surface area (Å²) in [6, 6.07) is 53.6. The second-order valence-electron chi connectivity index (χ2n) is 11.6. The summed E-state index contributed by atoms with van der Waals surface area (Å²) >= 11 is 0. The van der Waals surface area contributed by atoms with E-state index in [0.29, 0.717) is 0 Å². The fourth-order valence-electron chi connectivity index (χ4n) is 8.02. The van der Waals surface area contributed by atoms with Crippen LogP contribution in [-0.2, 0) is 5.41 Å². The highest BCUT2D eigenvalue weighted by atomic mass is 16.3. The minimum absolute atomic E-state index is 0.339. The third kappa shape index (κ3) is 2.64. The second kappa shape index (κ2) is 7.87. The summed E-state index contributed by atoms with van der Waals surface area (Å²) in [5.74, 6) is 0. The molecule has 2 aliphatic carbocycles. The molecular formula is C41H24O. The van der Waals surface area contributed by atoms with Crippen LogP contribution in [0.25, 0.3) is 66.1 Å². The van der Waals surface area contributed by atoms with Crippen LogP contribution in [0.3, 0.4) is 0 Å². The molecule has 8 aromatic rings. The van der Waals surface area contributed by atoms with E-state index >= 15 is 0 Å². The zero-order chi connectivity index (χ0) is 27.4. The minimum Gasteiger partial charge on any atom is -0.456 e. The molecule has 194 valence electrons. The van der Waals surface area contributed by atoms with Crippen LogP contribution >= 0.6 is 0 Å². The minimum atomic E-state index is -0.339. The van der Waals surface area contributed by atoms with Crippen LogP contribution in [-0.4, -0.2) is 0 Å². The molecule has 0 saturated carbocycles. The maximum atomic E-state index is 6.11. The molecule has 1 heterocycles. The predicted octanol–water partition coefficient (Wildman–Crippen LogP) is 10.7. The molecular weight excluding hydrogens is 508 g/mol. The summed E-state index contributed by atoms with van der Waals surface area (Å²) in [5, 5.41) is 4.89. The first-order valence-corrected chi connectivity index (χ1v) is 14.6. The van der Waals surface area contributed by atoms with E-state index in [-0.39, 0.29) is 5.41 Å². The van der Waals surface area contributed by atoms with Crippen molar-refractivity contribution >= 4 is 32.7 Å². The van der Waals surface area contributed by atoms with Crippen molar-refractivity contribution < 1.29 is 4.42 Å². The van der Waals surface area contributed by atoms with Crippen molar-refractivity contribution in [1.82, 2.24) is 0 Å². The van der Waals surface area contributed by atoms with Gasteiger partial charge in [-0.1, -0.05) is 121 Å². The molecule has 0 fully saturated rings. The zero-order valence-corrected chi connectivity index (χ0v) is 22.8. The van der Waals surface area contributed by atoms with E-state index in [0.717, 1.165) is 21.9 Å². The molecule has 10 rings (SSSR count). The monoisotopic (exact) mass is 532 g/mol. The summed E-state index contributed by atoms with van der Waals surface area (Å²) in [5.41, 5.74) is 14.8. The lowest BCUT2D eigenvalue weighted by Crippen LogP contribution is -2.26. The second-order valence-corrected chi connectivity index (χ2v) is 11.6. The maximum absolute atomic E-state index is 6.11. The van der Waals surface area contributed by atoms with Gasteiger partial charge >= 0.3 is 0 Å². The van der Waals surface area contributed by atoms with Gasteiger partial charge in [0.1, 0.15) is 11.2 Å². The van der Waals surface area contributed by atoms with Crippen molar-refractivity contribution in [3.05, 3.63) is 168 Å². The molecule has 0 saturated heterocycles. The number of furan rings is 1. The van der Waals surface area contributed by atoms with E-state index in [9.17, 15) is 0 Å². The highest BCUT2D eigenvalue weighted by Crippen LogP contribution is 2.64. The fourth-order valence-corrected chi connectivity index (χ4v) is 8.02. The van der Waals surface area contributed by atoms with Crippen molar-refractivity contribution in [3.63, 3.8) is 0 Å². The van der Waals surface area contributed by atoms with Gasteiger partial charge in [0.15, 0.2) is 0 Å². The first-order valence-electron chi connectivity index (χ1n) is 14.6. The molecule has 0 bridgehead atoms. The Labute approximate surface area is 243 Å². The molecule has 0 N–H and O–H groups in total. The van der Waals surface area contributed by atoms with Gasteiger partial charge < -0.3 is 4.42 Å². The predicted molar refractivity (Wildman–Crippen MR) is 173 cm³/mol. The maximum Gasteiger partial charge on any atom is 0.135 e. The Kier molecular flexibility index (Phi) is 4.18. The van der Waals surface area contributed by atoms with Crippen molar-refractivity contribution in [2.75, 3.05) is 0 Å². The standard InChI is InChI=1S/C41H24O/c1-5-13-35-29(9-1)30-10-2-6-14-36(30)41(35)37-15-7-3-11-31(37)33-21-18-27-23-25(17-20-28(27)40(33)41)26-19-22-39-34(24-26)32-12-4-8-16-38(32)42-39/h1-24H. The first kappa shape index (κ1) is 22.3. The number of para-hydroxylation sites is 1. The number of hydrogen-bond donors (Lipinski definition) is 0. The number of hydrogen-bond acceptors (Lipinski definition) is 1. The van der Waals surface area contributed by atoms with E-state index in [2.05, 4.69) is 133 Å². The lowest BCUT2D eigenvalue weighted by molar-refractivity contribution is 0.669. The van der Waals surface area contributed by atoms with E-state index < -0.39 is 0 Å². The van der Waals surface area contributed by atoms with Gasteiger partial charge in [0, 0.05) is 10.8 Å². The summed E-state index contributed by atoms with van der Waals surface area (Å²) < 4.78 is 6.11. The lowest BCUT2D eigenvalue weighted by Gasteiger charge is -2.31. The first-order chi connectivity index (χ1) is 20.8. The lowest BCUT2D eigenvalue weighted by atomic mass is 9.69. The van der Waals surface area contributed by atoms with E-state index in [1.807, 2.05) is 12.1 Å². The summed E-state index contributed by atoms with van der Waals surface area (Å²) in [6.45, 7) is 0. The van der Waals surface area contributed by atoms with Crippen molar-refractivity contribution in [1.29, 1.82) is 0 Å². The Balaban J connectivity index is 1.26. The van der Waals surface area contributed by atoms with Crippen molar-refractivity contribution in [2.24, 2.45) is 0 Å². The highest BCUT2D eigenvalue weighted by Gasteiger charge is 2.52. The number of rotatable bonds is 1. The van der Waals surface area contributed by atoms with Crippen LogP contribution < -0.4 is 0 Å². The van der Waals surface area contributed by atoms with E-state index in [4.69, 9.17) is 4.42 Å². The highest BCUT2D eigenvalue weighted by molar-refractivity contribution is 6.07. The van der Waals surface area contributed by atoms with Crippen LogP contribution in [0.2, 0.25) is 0 Å². The largest absolute Gasteiger partial charge is 0.456 e. The number of benzene rings is 7. The summed E-state index contributed by atoms with van der Waals surface area (Å²) in [7, 11) is 0. The smallest absolute Gasteiger partial charge is 0.135 e. The molecule has 7 aromatic carbocycles. The zero-order valence-electron chi connectivity index (χ0n) is 22.8. The van der Waals surface area contributed by atoms with Crippen LogP contribution in [0.5, 0.6) is 0 Å². The SMILES string of the molecule is c1ccc2c(c1)-c1ccccc1C21c2ccccc2-c2ccc3cc(-c4ccc5oc6ccccc6c5c4)ccc3c21. The third-order valence-electron chi connectivity index (χ3n) is 9.68. The molecule has 1 nitrogen and oxygen atoms in total. The van der Waals surface area contributed by atoms with Gasteiger partial charge in [0.25, 0.3) is 0 Å². The number of fused-ring (bicyclic) bond motifs is 15. The van der Waals surface area contributed by atoms with E-state index in [1.54, 1.807) is 0 Å². The third-order valence-corrected chi connectivity index (χ3v) is 9.68. The van der Waals surface area contributed by atoms with Gasteiger partial charge in [-0.2, -0.15) is 0 Å².